The van der Waals surface area contributed by atoms with E-state index in [4.69, 9.17) is 4.74 Å². The van der Waals surface area contributed by atoms with Gasteiger partial charge in [0.15, 0.2) is 0 Å². The Balaban J connectivity index is 1.47. The zero-order valence-corrected chi connectivity index (χ0v) is 13.0. The Hall–Kier alpha value is -1.16. The second-order valence-corrected chi connectivity index (χ2v) is 6.96. The molecule has 1 N–H and O–H groups in total. The molecule has 0 fully saturated rings. The van der Waals surface area contributed by atoms with Crippen molar-refractivity contribution in [3.8, 4) is 0 Å². The van der Waals surface area contributed by atoms with Gasteiger partial charge >= 0.3 is 0 Å². The summed E-state index contributed by atoms with van der Waals surface area (Å²) in [7, 11) is 0. The molecule has 4 rings (SSSR count). The van der Waals surface area contributed by atoms with Crippen LogP contribution < -0.4 is 5.32 Å². The van der Waals surface area contributed by atoms with Crippen LogP contribution in [0.5, 0.6) is 0 Å². The van der Waals surface area contributed by atoms with E-state index in [1.54, 1.807) is 4.88 Å². The van der Waals surface area contributed by atoms with Gasteiger partial charge in [-0.3, -0.25) is 0 Å². The van der Waals surface area contributed by atoms with E-state index >= 15 is 0 Å². The standard InChI is InChI=1S/C18H21NOS/c1-2-5-14-13(4-1)8-10-20-17(14)12-19-16-6-3-7-18-15(16)9-11-21-18/h1-2,4-5,9,11,16-17,19H,3,6-8,10,12H2. The Labute approximate surface area is 130 Å². The third-order valence-corrected chi connectivity index (χ3v) is 5.69. The minimum Gasteiger partial charge on any atom is -0.372 e. The highest BCUT2D eigenvalue weighted by atomic mass is 32.1. The number of fused-ring (bicyclic) bond motifs is 2. The topological polar surface area (TPSA) is 21.3 Å². The lowest BCUT2D eigenvalue weighted by Crippen LogP contribution is -2.31. The fourth-order valence-electron chi connectivity index (χ4n) is 3.59. The average molecular weight is 299 g/mol. The van der Waals surface area contributed by atoms with E-state index in [9.17, 15) is 0 Å². The van der Waals surface area contributed by atoms with Crippen LogP contribution in [0.15, 0.2) is 35.7 Å². The Morgan fingerprint density at radius 2 is 2.10 bits per heavy atom. The van der Waals surface area contributed by atoms with Crippen LogP contribution in [0.4, 0.5) is 0 Å². The molecule has 2 atom stereocenters. The van der Waals surface area contributed by atoms with Crippen molar-refractivity contribution >= 4 is 11.3 Å². The van der Waals surface area contributed by atoms with Crippen LogP contribution >= 0.6 is 11.3 Å². The van der Waals surface area contributed by atoms with Crippen LogP contribution in [0.25, 0.3) is 0 Å². The van der Waals surface area contributed by atoms with Crippen molar-refractivity contribution in [2.75, 3.05) is 13.2 Å². The van der Waals surface area contributed by atoms with Gasteiger partial charge in [-0.1, -0.05) is 24.3 Å². The first kappa shape index (κ1) is 13.5. The number of hydrogen-bond acceptors (Lipinski definition) is 3. The Morgan fingerprint density at radius 1 is 1.14 bits per heavy atom. The molecule has 1 aromatic heterocycles. The average Bonchev–Trinajstić information content (AvgIpc) is 3.02. The number of benzene rings is 1. The second kappa shape index (κ2) is 5.91. The molecule has 110 valence electrons. The van der Waals surface area contributed by atoms with Crippen molar-refractivity contribution in [1.82, 2.24) is 5.32 Å². The van der Waals surface area contributed by atoms with Crippen molar-refractivity contribution < 1.29 is 4.74 Å². The summed E-state index contributed by atoms with van der Waals surface area (Å²) in [5.74, 6) is 0. The molecule has 0 bridgehead atoms. The zero-order valence-electron chi connectivity index (χ0n) is 12.2. The van der Waals surface area contributed by atoms with Crippen LogP contribution in [0, 0.1) is 0 Å². The van der Waals surface area contributed by atoms with Gasteiger partial charge in [0.05, 0.1) is 12.7 Å². The molecule has 0 saturated heterocycles. The molecule has 0 spiro atoms. The Kier molecular flexibility index (Phi) is 3.80. The third kappa shape index (κ3) is 2.66. The van der Waals surface area contributed by atoms with E-state index in [0.29, 0.717) is 6.04 Å². The molecule has 0 radical (unpaired) electrons. The van der Waals surface area contributed by atoms with Crippen LogP contribution in [-0.4, -0.2) is 13.2 Å². The van der Waals surface area contributed by atoms with E-state index in [1.807, 2.05) is 11.3 Å². The Bertz CT molecular complexity index is 621. The quantitative estimate of drug-likeness (QED) is 0.924. The number of aryl methyl sites for hydroxylation is 1. The SMILES string of the molecule is c1ccc2c(c1)CCOC2CNC1CCCc2sccc21. The third-order valence-electron chi connectivity index (χ3n) is 4.69. The maximum absolute atomic E-state index is 6.01. The maximum Gasteiger partial charge on any atom is 0.0952 e. The molecule has 21 heavy (non-hydrogen) atoms. The number of nitrogens with one attached hydrogen (secondary N) is 1. The molecule has 2 unspecified atom stereocenters. The monoisotopic (exact) mass is 299 g/mol. The maximum atomic E-state index is 6.01. The van der Waals surface area contributed by atoms with Crippen molar-refractivity contribution in [1.29, 1.82) is 0 Å². The van der Waals surface area contributed by atoms with E-state index < -0.39 is 0 Å². The first-order valence-corrected chi connectivity index (χ1v) is 8.79. The summed E-state index contributed by atoms with van der Waals surface area (Å²) >= 11 is 1.91. The highest BCUT2D eigenvalue weighted by Crippen LogP contribution is 2.34. The summed E-state index contributed by atoms with van der Waals surface area (Å²) in [5.41, 5.74) is 4.35. The lowest BCUT2D eigenvalue weighted by Gasteiger charge is -2.30. The molecule has 2 nitrogen and oxygen atoms in total. The second-order valence-electron chi connectivity index (χ2n) is 5.96. The van der Waals surface area contributed by atoms with Crippen LogP contribution in [-0.2, 0) is 17.6 Å². The van der Waals surface area contributed by atoms with E-state index in [0.717, 1.165) is 19.6 Å². The van der Waals surface area contributed by atoms with Crippen molar-refractivity contribution in [2.45, 2.75) is 37.8 Å². The molecule has 2 aliphatic rings. The highest BCUT2D eigenvalue weighted by molar-refractivity contribution is 7.10. The first-order valence-electron chi connectivity index (χ1n) is 7.91. The fraction of sp³-hybridized carbons (Fsp3) is 0.444. The molecular formula is C18H21NOS. The number of ether oxygens (including phenoxy) is 1. The summed E-state index contributed by atoms with van der Waals surface area (Å²) in [6.45, 7) is 1.76. The van der Waals surface area contributed by atoms with Gasteiger partial charge in [-0.05, 0) is 53.8 Å². The lowest BCUT2D eigenvalue weighted by molar-refractivity contribution is 0.0402. The number of thiophene rings is 1. The van der Waals surface area contributed by atoms with Crippen LogP contribution in [0.2, 0.25) is 0 Å². The molecule has 0 saturated carbocycles. The minimum atomic E-state index is 0.207. The number of hydrogen-bond donors (Lipinski definition) is 1. The minimum absolute atomic E-state index is 0.207. The van der Waals surface area contributed by atoms with Crippen LogP contribution in [0.1, 0.15) is 46.6 Å². The van der Waals surface area contributed by atoms with Gasteiger partial charge in [0.25, 0.3) is 0 Å². The van der Waals surface area contributed by atoms with E-state index in [-0.39, 0.29) is 6.10 Å². The van der Waals surface area contributed by atoms with E-state index in [1.165, 1.54) is 36.0 Å². The lowest BCUT2D eigenvalue weighted by atomic mass is 9.93. The summed E-state index contributed by atoms with van der Waals surface area (Å²) in [6, 6.07) is 11.5. The molecule has 1 aliphatic heterocycles. The van der Waals surface area contributed by atoms with E-state index in [2.05, 4.69) is 41.0 Å². The van der Waals surface area contributed by atoms with Gasteiger partial charge in [0.1, 0.15) is 0 Å². The molecule has 0 amide bonds. The molecular weight excluding hydrogens is 278 g/mol. The van der Waals surface area contributed by atoms with Gasteiger partial charge in [-0.15, -0.1) is 11.3 Å². The molecule has 1 aromatic carbocycles. The predicted molar refractivity (Wildman–Crippen MR) is 86.8 cm³/mol. The normalized spacial score (nSPS) is 24.4. The smallest absolute Gasteiger partial charge is 0.0952 e. The summed E-state index contributed by atoms with van der Waals surface area (Å²) < 4.78 is 6.01. The van der Waals surface area contributed by atoms with Crippen molar-refractivity contribution in [2.24, 2.45) is 0 Å². The summed E-state index contributed by atoms with van der Waals surface area (Å²) in [5, 5.41) is 5.99. The van der Waals surface area contributed by atoms with Crippen molar-refractivity contribution in [3.63, 3.8) is 0 Å². The first-order chi connectivity index (χ1) is 10.4. The van der Waals surface area contributed by atoms with Gasteiger partial charge in [0, 0.05) is 17.5 Å². The molecule has 2 aromatic rings. The van der Waals surface area contributed by atoms with Gasteiger partial charge in [-0.2, -0.15) is 0 Å². The van der Waals surface area contributed by atoms with Gasteiger partial charge < -0.3 is 10.1 Å². The molecule has 1 aliphatic carbocycles. The summed E-state index contributed by atoms with van der Waals surface area (Å²) in [6.07, 6.45) is 5.06. The van der Waals surface area contributed by atoms with Crippen molar-refractivity contribution in [3.05, 3.63) is 57.3 Å². The predicted octanol–water partition coefficient (Wildman–Crippen LogP) is 4.03. The molecule has 2 heterocycles. The zero-order chi connectivity index (χ0) is 14.1. The van der Waals surface area contributed by atoms with Gasteiger partial charge in [0.2, 0.25) is 0 Å². The van der Waals surface area contributed by atoms with Gasteiger partial charge in [-0.25, -0.2) is 0 Å². The number of rotatable bonds is 3. The highest BCUT2D eigenvalue weighted by Gasteiger charge is 2.24. The molecule has 3 heteroatoms. The van der Waals surface area contributed by atoms with Crippen LogP contribution in [0.3, 0.4) is 0 Å². The summed E-state index contributed by atoms with van der Waals surface area (Å²) in [4.78, 5) is 1.57. The fourth-order valence-corrected chi connectivity index (χ4v) is 4.58. The Morgan fingerprint density at radius 3 is 3.10 bits per heavy atom. The largest absolute Gasteiger partial charge is 0.372 e.